The van der Waals surface area contributed by atoms with E-state index in [0.29, 0.717) is 0 Å². The molecule has 0 spiro atoms. The average molecular weight is 315 g/mol. The number of aliphatic carboxylic acids is 1. The van der Waals surface area contributed by atoms with Crippen LogP contribution in [-0.4, -0.2) is 22.7 Å². The van der Waals surface area contributed by atoms with Gasteiger partial charge in [-0.25, -0.2) is 0 Å². The molecule has 2 rings (SSSR count). The van der Waals surface area contributed by atoms with E-state index in [2.05, 4.69) is 5.32 Å². The largest absolute Gasteiger partial charge is 0.481 e. The lowest BCUT2D eigenvalue weighted by Gasteiger charge is -2.22. The third-order valence-corrected chi connectivity index (χ3v) is 3.28. The van der Waals surface area contributed by atoms with Gasteiger partial charge in [-0.3, -0.25) is 4.79 Å². The molecule has 5 nitrogen and oxygen atoms in total. The second kappa shape index (κ2) is 7.42. The van der Waals surface area contributed by atoms with Crippen LogP contribution >= 0.6 is 12.2 Å². The Labute approximate surface area is 134 Å². The standard InChI is InChI=1S/C16H17N3O2S/c17-16(22)19(11-10-15(20)21)14-8-6-13(7-9-14)18-12-4-2-1-3-5-12/h1-9,18H,10-11H2,(H2,17,22)(H,20,21). The van der Waals surface area contributed by atoms with Gasteiger partial charge in [0.1, 0.15) is 0 Å². The maximum absolute atomic E-state index is 10.7. The summed E-state index contributed by atoms with van der Waals surface area (Å²) in [6, 6.07) is 17.3. The topological polar surface area (TPSA) is 78.6 Å². The highest BCUT2D eigenvalue weighted by Crippen LogP contribution is 2.21. The molecule has 0 heterocycles. The van der Waals surface area contributed by atoms with Gasteiger partial charge in [0, 0.05) is 23.6 Å². The second-order valence-corrected chi connectivity index (χ2v) is 5.09. The summed E-state index contributed by atoms with van der Waals surface area (Å²) in [6.45, 7) is 0.246. The van der Waals surface area contributed by atoms with Crippen molar-refractivity contribution >= 4 is 40.4 Å². The van der Waals surface area contributed by atoms with E-state index in [-0.39, 0.29) is 18.1 Å². The third-order valence-electron chi connectivity index (χ3n) is 3.06. The molecule has 0 saturated heterocycles. The van der Waals surface area contributed by atoms with Crippen molar-refractivity contribution in [1.29, 1.82) is 0 Å². The lowest BCUT2D eigenvalue weighted by Crippen LogP contribution is -2.37. The molecule has 0 amide bonds. The SMILES string of the molecule is NC(=S)N(CCC(=O)O)c1ccc(Nc2ccccc2)cc1. The molecule has 6 heteroatoms. The molecule has 0 aromatic heterocycles. The van der Waals surface area contributed by atoms with E-state index < -0.39 is 5.97 Å². The van der Waals surface area contributed by atoms with Gasteiger partial charge in [-0.2, -0.15) is 0 Å². The molecule has 114 valence electrons. The van der Waals surface area contributed by atoms with Gasteiger partial charge >= 0.3 is 5.97 Å². The van der Waals surface area contributed by atoms with Gasteiger partial charge in [0.25, 0.3) is 0 Å². The van der Waals surface area contributed by atoms with Crippen LogP contribution < -0.4 is 16.0 Å². The molecule has 2 aromatic rings. The Kier molecular flexibility index (Phi) is 5.32. The predicted octanol–water partition coefficient (Wildman–Crippen LogP) is 2.95. The van der Waals surface area contributed by atoms with Crippen molar-refractivity contribution in [2.24, 2.45) is 5.73 Å². The van der Waals surface area contributed by atoms with E-state index in [1.807, 2.05) is 54.6 Å². The monoisotopic (exact) mass is 315 g/mol. The fraction of sp³-hybridized carbons (Fsp3) is 0.125. The van der Waals surface area contributed by atoms with E-state index in [0.717, 1.165) is 17.1 Å². The molecular weight excluding hydrogens is 298 g/mol. The van der Waals surface area contributed by atoms with Crippen LogP contribution in [0.4, 0.5) is 17.1 Å². The van der Waals surface area contributed by atoms with Gasteiger partial charge in [-0.1, -0.05) is 18.2 Å². The number of carboxylic acids is 1. The fourth-order valence-corrected chi connectivity index (χ4v) is 2.18. The quantitative estimate of drug-likeness (QED) is 0.711. The number of carbonyl (C=O) groups is 1. The minimum atomic E-state index is -0.886. The molecule has 0 bridgehead atoms. The third kappa shape index (κ3) is 4.46. The second-order valence-electron chi connectivity index (χ2n) is 4.67. The van der Waals surface area contributed by atoms with Crippen LogP contribution in [0, 0.1) is 0 Å². The predicted molar refractivity (Wildman–Crippen MR) is 92.6 cm³/mol. The first-order valence-electron chi connectivity index (χ1n) is 6.77. The summed E-state index contributed by atoms with van der Waals surface area (Å²) in [7, 11) is 0. The summed E-state index contributed by atoms with van der Waals surface area (Å²) in [4.78, 5) is 12.3. The number of hydrogen-bond donors (Lipinski definition) is 3. The van der Waals surface area contributed by atoms with Crippen LogP contribution in [0.25, 0.3) is 0 Å². The molecule has 0 aliphatic carbocycles. The zero-order valence-electron chi connectivity index (χ0n) is 11.9. The zero-order valence-corrected chi connectivity index (χ0v) is 12.7. The molecule has 0 saturated carbocycles. The Morgan fingerprint density at radius 1 is 1.09 bits per heavy atom. The first-order valence-corrected chi connectivity index (χ1v) is 7.18. The van der Waals surface area contributed by atoms with E-state index in [1.54, 1.807) is 4.90 Å². The molecule has 0 atom stereocenters. The van der Waals surface area contributed by atoms with Crippen LogP contribution in [0.5, 0.6) is 0 Å². The summed E-state index contributed by atoms with van der Waals surface area (Å²) < 4.78 is 0. The van der Waals surface area contributed by atoms with Crippen molar-refractivity contribution in [1.82, 2.24) is 0 Å². The summed E-state index contributed by atoms with van der Waals surface area (Å²) in [5.41, 5.74) is 8.36. The van der Waals surface area contributed by atoms with Crippen molar-refractivity contribution in [3.05, 3.63) is 54.6 Å². The molecule has 0 radical (unpaired) electrons. The highest BCUT2D eigenvalue weighted by molar-refractivity contribution is 7.80. The molecule has 0 unspecified atom stereocenters. The number of carboxylic acid groups (broad SMARTS) is 1. The summed E-state index contributed by atoms with van der Waals surface area (Å²) in [5.74, 6) is -0.886. The molecule has 0 fully saturated rings. The summed E-state index contributed by atoms with van der Waals surface area (Å²) in [5, 5.41) is 12.2. The van der Waals surface area contributed by atoms with Gasteiger partial charge in [0.05, 0.1) is 6.42 Å². The Bertz CT molecular complexity index is 644. The first-order chi connectivity index (χ1) is 10.6. The number of hydrogen-bond acceptors (Lipinski definition) is 3. The summed E-state index contributed by atoms with van der Waals surface area (Å²) >= 11 is 4.98. The Morgan fingerprint density at radius 2 is 1.68 bits per heavy atom. The molecule has 0 aliphatic heterocycles. The number of rotatable bonds is 6. The minimum absolute atomic E-state index is 0.0264. The molecule has 4 N–H and O–H groups in total. The first kappa shape index (κ1) is 15.8. The maximum Gasteiger partial charge on any atom is 0.305 e. The number of nitrogens with zero attached hydrogens (tertiary/aromatic N) is 1. The van der Waals surface area contributed by atoms with E-state index in [1.165, 1.54) is 0 Å². The molecule has 2 aromatic carbocycles. The summed E-state index contributed by atoms with van der Waals surface area (Å²) in [6.07, 6.45) is -0.0264. The Hall–Kier alpha value is -2.60. The highest BCUT2D eigenvalue weighted by Gasteiger charge is 2.11. The van der Waals surface area contributed by atoms with Crippen LogP contribution in [0.15, 0.2) is 54.6 Å². The van der Waals surface area contributed by atoms with Gasteiger partial charge in [-0.05, 0) is 48.6 Å². The van der Waals surface area contributed by atoms with Crippen LogP contribution in [0.3, 0.4) is 0 Å². The average Bonchev–Trinajstić information content (AvgIpc) is 2.49. The van der Waals surface area contributed by atoms with E-state index in [4.69, 9.17) is 23.1 Å². The lowest BCUT2D eigenvalue weighted by atomic mass is 10.2. The van der Waals surface area contributed by atoms with Crippen molar-refractivity contribution in [3.8, 4) is 0 Å². The van der Waals surface area contributed by atoms with Crippen LogP contribution in [-0.2, 0) is 4.79 Å². The zero-order chi connectivity index (χ0) is 15.9. The number of para-hydroxylation sites is 1. The van der Waals surface area contributed by atoms with Gasteiger partial charge in [0.15, 0.2) is 5.11 Å². The highest BCUT2D eigenvalue weighted by atomic mass is 32.1. The fourth-order valence-electron chi connectivity index (χ4n) is 1.99. The van der Waals surface area contributed by atoms with Crippen molar-refractivity contribution in [3.63, 3.8) is 0 Å². The van der Waals surface area contributed by atoms with Crippen molar-refractivity contribution in [2.45, 2.75) is 6.42 Å². The van der Waals surface area contributed by atoms with Crippen LogP contribution in [0.1, 0.15) is 6.42 Å². The number of thiocarbonyl (C=S) groups is 1. The van der Waals surface area contributed by atoms with E-state index in [9.17, 15) is 4.79 Å². The van der Waals surface area contributed by atoms with E-state index >= 15 is 0 Å². The number of anilines is 3. The molecular formula is C16H17N3O2S. The lowest BCUT2D eigenvalue weighted by molar-refractivity contribution is -0.136. The maximum atomic E-state index is 10.7. The Balaban J connectivity index is 2.09. The Morgan fingerprint density at radius 3 is 2.23 bits per heavy atom. The van der Waals surface area contributed by atoms with Crippen molar-refractivity contribution in [2.75, 3.05) is 16.8 Å². The normalized spacial score (nSPS) is 10.0. The van der Waals surface area contributed by atoms with Gasteiger partial charge in [0.2, 0.25) is 0 Å². The van der Waals surface area contributed by atoms with Crippen LogP contribution in [0.2, 0.25) is 0 Å². The van der Waals surface area contributed by atoms with Crippen molar-refractivity contribution < 1.29 is 9.90 Å². The van der Waals surface area contributed by atoms with Gasteiger partial charge in [-0.15, -0.1) is 0 Å². The van der Waals surface area contributed by atoms with Gasteiger partial charge < -0.3 is 21.1 Å². The number of nitrogens with one attached hydrogen (secondary N) is 1. The number of nitrogens with two attached hydrogens (primary N) is 1. The smallest absolute Gasteiger partial charge is 0.305 e. The minimum Gasteiger partial charge on any atom is -0.481 e. The number of benzene rings is 2. The molecule has 0 aliphatic rings. The molecule has 22 heavy (non-hydrogen) atoms.